The third-order valence-electron chi connectivity index (χ3n) is 4.84. The molecule has 0 saturated heterocycles. The lowest BCUT2D eigenvalue weighted by Gasteiger charge is -2.23. The number of unbranched alkanes of at least 4 members (excludes halogenated alkanes) is 1. The Hall–Kier alpha value is -2.70. The molecule has 0 radical (unpaired) electrons. The van der Waals surface area contributed by atoms with Gasteiger partial charge in [0, 0.05) is 6.42 Å². The van der Waals surface area contributed by atoms with Crippen LogP contribution in [0.4, 0.5) is 0 Å². The molecule has 0 bridgehead atoms. The summed E-state index contributed by atoms with van der Waals surface area (Å²) < 4.78 is 4.73. The largest absolute Gasteiger partial charge is 0.460 e. The predicted octanol–water partition coefficient (Wildman–Crippen LogP) is 2.96. The fourth-order valence-electron chi connectivity index (χ4n) is 3.20. The van der Waals surface area contributed by atoms with Crippen molar-refractivity contribution in [1.29, 1.82) is 0 Å². The van der Waals surface area contributed by atoms with Crippen LogP contribution < -0.4 is 10.6 Å². The highest BCUT2D eigenvalue weighted by Crippen LogP contribution is 2.09. The van der Waals surface area contributed by atoms with E-state index in [1.54, 1.807) is 13.8 Å². The standard InChI is InChI=1S/C24H36N2O5/c1-5-19(22(28)24(30)31-6-2)26-23(29)20(16-17(3)4)25-21(27)15-11-10-14-18-12-8-7-9-13-18/h7-9,12-13,17,19-20H,5-6,10-11,14-16H2,1-4H3,(H,25,27)(H,26,29). The lowest BCUT2D eigenvalue weighted by Crippen LogP contribution is -2.53. The van der Waals surface area contributed by atoms with Gasteiger partial charge in [0.25, 0.3) is 5.78 Å². The van der Waals surface area contributed by atoms with Gasteiger partial charge in [-0.1, -0.05) is 51.1 Å². The van der Waals surface area contributed by atoms with Gasteiger partial charge in [-0.15, -0.1) is 0 Å². The lowest BCUT2D eigenvalue weighted by atomic mass is 10.0. The van der Waals surface area contributed by atoms with Gasteiger partial charge in [-0.05, 0) is 50.5 Å². The summed E-state index contributed by atoms with van der Waals surface area (Å²) in [5.74, 6) is -2.24. The fraction of sp³-hybridized carbons (Fsp3) is 0.583. The number of benzene rings is 1. The second-order valence-electron chi connectivity index (χ2n) is 8.00. The molecule has 172 valence electrons. The molecular weight excluding hydrogens is 396 g/mol. The summed E-state index contributed by atoms with van der Waals surface area (Å²) in [6, 6.07) is 8.35. The third kappa shape index (κ3) is 10.2. The SMILES string of the molecule is CCOC(=O)C(=O)C(CC)NC(=O)C(CC(C)C)NC(=O)CCCCc1ccccc1. The normalized spacial score (nSPS) is 12.7. The molecule has 0 aromatic heterocycles. The van der Waals surface area contributed by atoms with Crippen LogP contribution in [-0.2, 0) is 30.3 Å². The van der Waals surface area contributed by atoms with Crippen LogP contribution in [0.3, 0.4) is 0 Å². The summed E-state index contributed by atoms with van der Waals surface area (Å²) in [5.41, 5.74) is 1.23. The van der Waals surface area contributed by atoms with Gasteiger partial charge in [0.05, 0.1) is 12.6 Å². The van der Waals surface area contributed by atoms with E-state index in [0.717, 1.165) is 19.3 Å². The molecule has 1 aromatic carbocycles. The van der Waals surface area contributed by atoms with E-state index >= 15 is 0 Å². The van der Waals surface area contributed by atoms with Gasteiger partial charge in [0.1, 0.15) is 6.04 Å². The monoisotopic (exact) mass is 432 g/mol. The molecule has 7 heteroatoms. The molecule has 1 aromatic rings. The fourth-order valence-corrected chi connectivity index (χ4v) is 3.20. The van der Waals surface area contributed by atoms with Gasteiger partial charge >= 0.3 is 5.97 Å². The Bertz CT molecular complexity index is 718. The minimum atomic E-state index is -0.969. The van der Waals surface area contributed by atoms with Crippen molar-refractivity contribution in [3.05, 3.63) is 35.9 Å². The van der Waals surface area contributed by atoms with E-state index < -0.39 is 29.7 Å². The zero-order chi connectivity index (χ0) is 23.2. The Kier molecular flexibility index (Phi) is 12.2. The smallest absolute Gasteiger partial charge is 0.376 e. The molecule has 7 nitrogen and oxygen atoms in total. The summed E-state index contributed by atoms with van der Waals surface area (Å²) in [6.45, 7) is 7.30. The van der Waals surface area contributed by atoms with E-state index in [1.807, 2.05) is 32.0 Å². The highest BCUT2D eigenvalue weighted by Gasteiger charge is 2.30. The Morgan fingerprint density at radius 2 is 1.61 bits per heavy atom. The molecule has 0 aliphatic rings. The molecule has 31 heavy (non-hydrogen) atoms. The van der Waals surface area contributed by atoms with E-state index in [1.165, 1.54) is 5.56 Å². The van der Waals surface area contributed by atoms with Crippen LogP contribution in [0, 0.1) is 5.92 Å². The highest BCUT2D eigenvalue weighted by molar-refractivity contribution is 6.36. The topological polar surface area (TPSA) is 102 Å². The first-order chi connectivity index (χ1) is 14.8. The number of rotatable bonds is 14. The van der Waals surface area contributed by atoms with Crippen LogP contribution in [0.25, 0.3) is 0 Å². The van der Waals surface area contributed by atoms with Gasteiger partial charge in [0.15, 0.2) is 0 Å². The first-order valence-corrected chi connectivity index (χ1v) is 11.1. The van der Waals surface area contributed by atoms with Gasteiger partial charge < -0.3 is 15.4 Å². The summed E-state index contributed by atoms with van der Waals surface area (Å²) in [7, 11) is 0. The highest BCUT2D eigenvalue weighted by atomic mass is 16.5. The molecular formula is C24H36N2O5. The van der Waals surface area contributed by atoms with Crippen LogP contribution in [0.2, 0.25) is 0 Å². The Morgan fingerprint density at radius 1 is 0.935 bits per heavy atom. The number of carbonyl (C=O) groups excluding carboxylic acids is 4. The van der Waals surface area contributed by atoms with Crippen molar-refractivity contribution in [2.24, 2.45) is 5.92 Å². The number of aryl methyl sites for hydroxylation is 1. The second kappa shape index (κ2) is 14.3. The average molecular weight is 433 g/mol. The van der Waals surface area contributed by atoms with Crippen LogP contribution in [0.15, 0.2) is 30.3 Å². The number of Topliss-reactive ketones (excluding diaryl/α,β-unsaturated/α-hetero) is 1. The Labute approximate surface area is 185 Å². The van der Waals surface area contributed by atoms with Crippen molar-refractivity contribution < 1.29 is 23.9 Å². The minimum Gasteiger partial charge on any atom is -0.460 e. The molecule has 1 rings (SSSR count). The van der Waals surface area contributed by atoms with Crippen LogP contribution >= 0.6 is 0 Å². The molecule has 0 spiro atoms. The summed E-state index contributed by atoms with van der Waals surface area (Å²) in [4.78, 5) is 49.0. The Balaban J connectivity index is 2.59. The minimum absolute atomic E-state index is 0.0885. The number of hydrogen-bond acceptors (Lipinski definition) is 5. The van der Waals surface area contributed by atoms with Crippen molar-refractivity contribution in [2.75, 3.05) is 6.61 Å². The number of ketones is 1. The summed E-state index contributed by atoms with van der Waals surface area (Å²) in [5, 5.41) is 5.39. The maximum absolute atomic E-state index is 12.8. The molecule has 0 aliphatic carbocycles. The number of esters is 1. The van der Waals surface area contributed by atoms with Crippen molar-refractivity contribution in [2.45, 2.75) is 78.3 Å². The zero-order valence-corrected chi connectivity index (χ0v) is 19.1. The number of hydrogen-bond donors (Lipinski definition) is 2. The van der Waals surface area contributed by atoms with Crippen molar-refractivity contribution >= 4 is 23.6 Å². The Morgan fingerprint density at radius 3 is 2.19 bits per heavy atom. The van der Waals surface area contributed by atoms with Gasteiger partial charge in [-0.25, -0.2) is 4.79 Å². The maximum Gasteiger partial charge on any atom is 0.376 e. The summed E-state index contributed by atoms with van der Waals surface area (Å²) in [6.07, 6.45) is 3.52. The number of carbonyl (C=O) groups is 4. The molecule has 2 amide bonds. The summed E-state index contributed by atoms with van der Waals surface area (Å²) >= 11 is 0. The molecule has 0 heterocycles. The maximum atomic E-state index is 12.8. The van der Waals surface area contributed by atoms with Crippen molar-refractivity contribution in [3.63, 3.8) is 0 Å². The van der Waals surface area contributed by atoms with Gasteiger partial charge in [-0.2, -0.15) is 0 Å². The number of ether oxygens (including phenoxy) is 1. The molecule has 2 N–H and O–H groups in total. The van der Waals surface area contributed by atoms with Crippen LogP contribution in [0.1, 0.15) is 65.4 Å². The van der Waals surface area contributed by atoms with Crippen molar-refractivity contribution in [3.8, 4) is 0 Å². The molecule has 2 unspecified atom stereocenters. The number of nitrogens with one attached hydrogen (secondary N) is 2. The molecule has 0 fully saturated rings. The first kappa shape index (κ1) is 26.3. The number of amides is 2. The molecule has 2 atom stereocenters. The van der Waals surface area contributed by atoms with Crippen LogP contribution in [0.5, 0.6) is 0 Å². The van der Waals surface area contributed by atoms with E-state index in [2.05, 4.69) is 22.8 Å². The lowest BCUT2D eigenvalue weighted by molar-refractivity contribution is -0.154. The van der Waals surface area contributed by atoms with E-state index in [9.17, 15) is 19.2 Å². The molecule has 0 aliphatic heterocycles. The third-order valence-corrected chi connectivity index (χ3v) is 4.84. The average Bonchev–Trinajstić information content (AvgIpc) is 2.74. The van der Waals surface area contributed by atoms with Gasteiger partial charge in [-0.3, -0.25) is 14.4 Å². The van der Waals surface area contributed by atoms with E-state index in [0.29, 0.717) is 12.8 Å². The zero-order valence-electron chi connectivity index (χ0n) is 19.1. The predicted molar refractivity (Wildman–Crippen MR) is 119 cm³/mol. The van der Waals surface area contributed by atoms with E-state index in [-0.39, 0.29) is 24.9 Å². The second-order valence-corrected chi connectivity index (χ2v) is 8.00. The van der Waals surface area contributed by atoms with Crippen molar-refractivity contribution in [1.82, 2.24) is 10.6 Å². The first-order valence-electron chi connectivity index (χ1n) is 11.1. The molecule has 0 saturated carbocycles. The quantitative estimate of drug-likeness (QED) is 0.267. The van der Waals surface area contributed by atoms with E-state index in [4.69, 9.17) is 4.74 Å². The van der Waals surface area contributed by atoms with Crippen LogP contribution in [-0.4, -0.2) is 42.3 Å². The van der Waals surface area contributed by atoms with Gasteiger partial charge in [0.2, 0.25) is 11.8 Å².